The number of aliphatic hydroxyl groups is 1. The summed E-state index contributed by atoms with van der Waals surface area (Å²) in [6.45, 7) is 8.05. The summed E-state index contributed by atoms with van der Waals surface area (Å²) in [5.41, 5.74) is 0.592. The fraction of sp³-hybridized carbons (Fsp3) is 1.00. The van der Waals surface area contributed by atoms with Crippen LogP contribution in [-0.4, -0.2) is 61.2 Å². The Kier molecular flexibility index (Phi) is 6.94. The van der Waals surface area contributed by atoms with Gasteiger partial charge >= 0.3 is 0 Å². The van der Waals surface area contributed by atoms with Gasteiger partial charge in [0.25, 0.3) is 0 Å². The minimum Gasteiger partial charge on any atom is -0.389 e. The van der Waals surface area contributed by atoms with E-state index in [1.807, 2.05) is 0 Å². The lowest BCUT2D eigenvalue weighted by Crippen LogP contribution is -2.48. The van der Waals surface area contributed by atoms with Crippen LogP contribution in [0.15, 0.2) is 0 Å². The number of rotatable bonds is 7. The number of aliphatic hydroxyl groups excluding tert-OH is 1. The molecule has 1 saturated heterocycles. The molecular weight excluding hydrogens is 350 g/mol. The second kappa shape index (κ2) is 8.65. The van der Waals surface area contributed by atoms with Gasteiger partial charge in [0.1, 0.15) is 0 Å². The van der Waals surface area contributed by atoms with Gasteiger partial charge in [-0.2, -0.15) is 0 Å². The SMILES string of the molecule is CC1CN(CC(O)COCCC23CC4CC(CC(C4)C2)C3)CC(C)O1.Cl. The van der Waals surface area contributed by atoms with E-state index in [-0.39, 0.29) is 30.7 Å². The van der Waals surface area contributed by atoms with Gasteiger partial charge in [-0.3, -0.25) is 4.90 Å². The number of hydrogen-bond acceptors (Lipinski definition) is 4. The van der Waals surface area contributed by atoms with Crippen molar-refractivity contribution in [3.05, 3.63) is 0 Å². The summed E-state index contributed by atoms with van der Waals surface area (Å²) in [6.07, 6.45) is 10.2. The quantitative estimate of drug-likeness (QED) is 0.679. The Balaban J connectivity index is 0.00000196. The summed E-state index contributed by atoms with van der Waals surface area (Å²) in [5.74, 6) is 3.05. The van der Waals surface area contributed by atoms with Crippen molar-refractivity contribution in [2.45, 2.75) is 77.1 Å². The van der Waals surface area contributed by atoms with Crippen molar-refractivity contribution >= 4 is 12.4 Å². The molecule has 1 heterocycles. The van der Waals surface area contributed by atoms with E-state index in [2.05, 4.69) is 18.7 Å². The van der Waals surface area contributed by atoms with Gasteiger partial charge in [-0.05, 0) is 82.0 Å². The molecule has 0 aromatic rings. The molecule has 5 rings (SSSR count). The van der Waals surface area contributed by atoms with E-state index in [0.717, 1.165) is 37.5 Å². The zero-order valence-electron chi connectivity index (χ0n) is 16.6. The minimum atomic E-state index is -0.381. The topological polar surface area (TPSA) is 41.9 Å². The first-order valence-corrected chi connectivity index (χ1v) is 10.6. The van der Waals surface area contributed by atoms with Crippen LogP contribution in [0.3, 0.4) is 0 Å². The monoisotopic (exact) mass is 387 g/mol. The maximum atomic E-state index is 10.3. The molecule has 3 unspecified atom stereocenters. The number of halogens is 1. The predicted octanol–water partition coefficient (Wildman–Crippen LogP) is 3.50. The number of hydrogen-bond donors (Lipinski definition) is 1. The molecule has 0 aromatic heterocycles. The van der Waals surface area contributed by atoms with Gasteiger partial charge in [-0.15, -0.1) is 12.4 Å². The van der Waals surface area contributed by atoms with Crippen molar-refractivity contribution in [3.63, 3.8) is 0 Å². The number of morpholine rings is 1. The van der Waals surface area contributed by atoms with Gasteiger partial charge in [-0.25, -0.2) is 0 Å². The molecule has 1 aliphatic heterocycles. The van der Waals surface area contributed by atoms with Crippen molar-refractivity contribution in [2.24, 2.45) is 23.2 Å². The van der Waals surface area contributed by atoms with Crippen molar-refractivity contribution < 1.29 is 14.6 Å². The van der Waals surface area contributed by atoms with Gasteiger partial charge in [0, 0.05) is 26.2 Å². The molecule has 4 aliphatic carbocycles. The molecule has 0 radical (unpaired) electrons. The van der Waals surface area contributed by atoms with Crippen LogP contribution < -0.4 is 0 Å². The van der Waals surface area contributed by atoms with Crippen molar-refractivity contribution in [3.8, 4) is 0 Å². The van der Waals surface area contributed by atoms with Crippen molar-refractivity contribution in [2.75, 3.05) is 32.8 Å². The van der Waals surface area contributed by atoms with Crippen LogP contribution >= 0.6 is 12.4 Å². The Morgan fingerprint density at radius 2 is 1.58 bits per heavy atom. The molecule has 0 aromatic carbocycles. The maximum Gasteiger partial charge on any atom is 0.0900 e. The lowest BCUT2D eigenvalue weighted by Gasteiger charge is -2.57. The lowest BCUT2D eigenvalue weighted by molar-refractivity contribution is -0.0882. The molecule has 3 atom stereocenters. The van der Waals surface area contributed by atoms with Gasteiger partial charge in [-0.1, -0.05) is 0 Å². The average Bonchev–Trinajstić information content (AvgIpc) is 2.49. The Hall–Kier alpha value is 0.130. The molecule has 5 fully saturated rings. The third kappa shape index (κ3) is 4.94. The summed E-state index contributed by atoms with van der Waals surface area (Å²) in [7, 11) is 0. The molecular formula is C21H38ClNO3. The van der Waals surface area contributed by atoms with Crippen LogP contribution in [0.1, 0.15) is 58.8 Å². The normalized spacial score (nSPS) is 43.3. The van der Waals surface area contributed by atoms with Gasteiger partial charge in [0.2, 0.25) is 0 Å². The number of ether oxygens (including phenoxy) is 2. The molecule has 26 heavy (non-hydrogen) atoms. The molecule has 5 heteroatoms. The summed E-state index contributed by atoms with van der Waals surface area (Å²) in [5, 5.41) is 10.3. The molecule has 5 aliphatic rings. The minimum absolute atomic E-state index is 0. The highest BCUT2D eigenvalue weighted by molar-refractivity contribution is 5.85. The van der Waals surface area contributed by atoms with E-state index in [0.29, 0.717) is 18.6 Å². The van der Waals surface area contributed by atoms with Crippen molar-refractivity contribution in [1.29, 1.82) is 0 Å². The van der Waals surface area contributed by atoms with Gasteiger partial charge < -0.3 is 14.6 Å². The molecule has 0 spiro atoms. The maximum absolute atomic E-state index is 10.3. The van der Waals surface area contributed by atoms with Crippen LogP contribution in [0.25, 0.3) is 0 Å². The fourth-order valence-corrected chi connectivity index (χ4v) is 6.89. The third-order valence-electron chi connectivity index (χ3n) is 7.22. The Morgan fingerprint density at radius 1 is 1.04 bits per heavy atom. The second-order valence-electron chi connectivity index (χ2n) is 9.87. The van der Waals surface area contributed by atoms with Gasteiger partial charge in [0.05, 0.1) is 24.9 Å². The van der Waals surface area contributed by atoms with E-state index in [1.165, 1.54) is 44.9 Å². The molecule has 0 amide bonds. The highest BCUT2D eigenvalue weighted by Gasteiger charge is 2.50. The zero-order valence-corrected chi connectivity index (χ0v) is 17.4. The van der Waals surface area contributed by atoms with E-state index in [9.17, 15) is 5.11 Å². The first-order chi connectivity index (χ1) is 12.0. The summed E-state index contributed by atoms with van der Waals surface area (Å²) in [6, 6.07) is 0. The number of β-amino-alcohol motifs (C(OH)–C–C–N with tert-alkyl or cyclic N) is 1. The largest absolute Gasteiger partial charge is 0.389 e. The summed E-state index contributed by atoms with van der Waals surface area (Å²) in [4.78, 5) is 2.31. The predicted molar refractivity (Wildman–Crippen MR) is 106 cm³/mol. The summed E-state index contributed by atoms with van der Waals surface area (Å²) >= 11 is 0. The summed E-state index contributed by atoms with van der Waals surface area (Å²) < 4.78 is 11.7. The highest BCUT2D eigenvalue weighted by atomic mass is 35.5. The van der Waals surface area contributed by atoms with E-state index in [4.69, 9.17) is 9.47 Å². The molecule has 1 N–H and O–H groups in total. The Morgan fingerprint density at radius 3 is 2.12 bits per heavy atom. The average molecular weight is 388 g/mol. The highest BCUT2D eigenvalue weighted by Crippen LogP contribution is 2.61. The first kappa shape index (κ1) is 20.9. The zero-order chi connectivity index (χ0) is 17.4. The first-order valence-electron chi connectivity index (χ1n) is 10.6. The van der Waals surface area contributed by atoms with Gasteiger partial charge in [0.15, 0.2) is 0 Å². The van der Waals surface area contributed by atoms with Crippen LogP contribution in [0.5, 0.6) is 0 Å². The van der Waals surface area contributed by atoms with E-state index < -0.39 is 0 Å². The standard InChI is InChI=1S/C21H37NO3.ClH/c1-15-11-22(12-16(2)25-15)13-20(23)14-24-4-3-21-8-17-5-18(9-21)7-19(6-17)10-21;/h15-20,23H,3-14H2,1-2H3;1H. The van der Waals surface area contributed by atoms with E-state index in [1.54, 1.807) is 0 Å². The number of nitrogens with zero attached hydrogens (tertiary/aromatic N) is 1. The third-order valence-corrected chi connectivity index (χ3v) is 7.22. The van der Waals surface area contributed by atoms with Crippen LogP contribution in [0.2, 0.25) is 0 Å². The molecule has 4 saturated carbocycles. The smallest absolute Gasteiger partial charge is 0.0900 e. The Labute approximate surface area is 165 Å². The van der Waals surface area contributed by atoms with Crippen LogP contribution in [0, 0.1) is 23.2 Å². The molecule has 4 bridgehead atoms. The van der Waals surface area contributed by atoms with Crippen LogP contribution in [0.4, 0.5) is 0 Å². The molecule has 4 nitrogen and oxygen atoms in total. The van der Waals surface area contributed by atoms with Crippen molar-refractivity contribution in [1.82, 2.24) is 4.90 Å². The van der Waals surface area contributed by atoms with Crippen LogP contribution in [-0.2, 0) is 9.47 Å². The van der Waals surface area contributed by atoms with E-state index >= 15 is 0 Å². The Bertz CT molecular complexity index is 415. The lowest BCUT2D eigenvalue weighted by atomic mass is 9.49. The molecule has 152 valence electrons. The second-order valence-corrected chi connectivity index (χ2v) is 9.87. The fourth-order valence-electron chi connectivity index (χ4n) is 6.89.